The van der Waals surface area contributed by atoms with E-state index in [-0.39, 0.29) is 16.5 Å². The molecule has 0 fully saturated rings. The number of aromatic nitrogens is 1. The Hall–Kier alpha value is -1.77. The van der Waals surface area contributed by atoms with Crippen LogP contribution in [-0.4, -0.2) is 12.0 Å². The third-order valence-electron chi connectivity index (χ3n) is 2.59. The van der Waals surface area contributed by atoms with E-state index < -0.39 is 23.5 Å². The first-order chi connectivity index (χ1) is 9.61. The van der Waals surface area contributed by atoms with Gasteiger partial charge in [0.15, 0.2) is 5.13 Å². The summed E-state index contributed by atoms with van der Waals surface area (Å²) < 4.78 is 76.4. The van der Waals surface area contributed by atoms with Gasteiger partial charge < -0.3 is 5.32 Å². The number of halogens is 6. The molecule has 0 unspecified atom stereocenters. The Morgan fingerprint density at radius 3 is 1.86 bits per heavy atom. The molecule has 0 spiro atoms. The largest absolute Gasteiger partial charge is 0.416 e. The first-order valence-corrected chi connectivity index (χ1v) is 6.36. The van der Waals surface area contributed by atoms with Crippen molar-refractivity contribution in [1.82, 2.24) is 4.98 Å². The number of anilines is 1. The number of alkyl halides is 6. The maximum absolute atomic E-state index is 12.7. The fourth-order valence-corrected chi connectivity index (χ4v) is 2.38. The quantitative estimate of drug-likeness (QED) is 0.795. The monoisotopic (exact) mass is 326 g/mol. The van der Waals surface area contributed by atoms with Gasteiger partial charge in [0.25, 0.3) is 0 Å². The normalized spacial score (nSPS) is 12.5. The summed E-state index contributed by atoms with van der Waals surface area (Å²) in [6.45, 7) is 0. The Labute approximate surface area is 119 Å². The Kier molecular flexibility index (Phi) is 3.87. The van der Waals surface area contributed by atoms with Crippen molar-refractivity contribution in [3.05, 3.63) is 35.5 Å². The molecule has 0 saturated heterocycles. The van der Waals surface area contributed by atoms with Crippen molar-refractivity contribution in [3.63, 3.8) is 0 Å². The van der Waals surface area contributed by atoms with E-state index in [2.05, 4.69) is 10.3 Å². The van der Waals surface area contributed by atoms with E-state index >= 15 is 0 Å². The molecule has 1 N–H and O–H groups in total. The average Bonchev–Trinajstić information content (AvgIpc) is 2.85. The highest BCUT2D eigenvalue weighted by Gasteiger charge is 2.37. The molecule has 0 aliphatic heterocycles. The molecular weight excluding hydrogens is 318 g/mol. The van der Waals surface area contributed by atoms with Crippen LogP contribution in [0.15, 0.2) is 24.4 Å². The fraction of sp³-hybridized carbons (Fsp3) is 0.250. The standard InChI is InChI=1S/C12H8F6N2S/c1-19-10-20-5-9(21-10)6-2-7(11(13,14)15)4-8(3-6)12(16,17)18/h2-5H,1H3,(H,19,20). The lowest BCUT2D eigenvalue weighted by atomic mass is 10.0. The van der Waals surface area contributed by atoms with Gasteiger partial charge in [-0.3, -0.25) is 0 Å². The lowest BCUT2D eigenvalue weighted by molar-refractivity contribution is -0.143. The molecule has 9 heteroatoms. The van der Waals surface area contributed by atoms with Crippen LogP contribution in [0.3, 0.4) is 0 Å². The Bertz CT molecular complexity index is 612. The molecule has 0 amide bonds. The van der Waals surface area contributed by atoms with E-state index in [1.54, 1.807) is 7.05 Å². The predicted octanol–water partition coefficient (Wildman–Crippen LogP) is 4.89. The molecule has 0 bridgehead atoms. The first kappa shape index (κ1) is 15.6. The van der Waals surface area contributed by atoms with E-state index in [1.807, 2.05) is 0 Å². The lowest BCUT2D eigenvalue weighted by Crippen LogP contribution is -2.10. The van der Waals surface area contributed by atoms with Crippen molar-refractivity contribution >= 4 is 16.5 Å². The second-order valence-corrected chi connectivity index (χ2v) is 5.10. The van der Waals surface area contributed by atoms with Gasteiger partial charge in [-0.15, -0.1) is 0 Å². The van der Waals surface area contributed by atoms with Crippen LogP contribution in [0.2, 0.25) is 0 Å². The summed E-state index contributed by atoms with van der Waals surface area (Å²) >= 11 is 0.968. The fourth-order valence-electron chi connectivity index (χ4n) is 1.62. The van der Waals surface area contributed by atoms with Crippen LogP contribution in [0.5, 0.6) is 0 Å². The molecule has 114 valence electrons. The summed E-state index contributed by atoms with van der Waals surface area (Å²) in [5, 5.41) is 3.07. The van der Waals surface area contributed by atoms with Gasteiger partial charge in [0.1, 0.15) is 0 Å². The molecule has 1 aromatic carbocycles. The van der Waals surface area contributed by atoms with Gasteiger partial charge in [-0.25, -0.2) is 4.98 Å². The summed E-state index contributed by atoms with van der Waals surface area (Å²) in [7, 11) is 1.55. The Balaban J connectivity index is 2.60. The second kappa shape index (κ2) is 5.21. The van der Waals surface area contributed by atoms with Gasteiger partial charge in [-0.2, -0.15) is 26.3 Å². The number of nitrogens with zero attached hydrogens (tertiary/aromatic N) is 1. The number of nitrogens with one attached hydrogen (secondary N) is 1. The van der Waals surface area contributed by atoms with E-state index in [9.17, 15) is 26.3 Å². The molecule has 1 aromatic heterocycles. The van der Waals surface area contributed by atoms with Gasteiger partial charge >= 0.3 is 12.4 Å². The molecule has 0 aliphatic carbocycles. The molecule has 2 aromatic rings. The van der Waals surface area contributed by atoms with Gasteiger partial charge in [0, 0.05) is 13.2 Å². The Morgan fingerprint density at radius 1 is 0.952 bits per heavy atom. The molecule has 0 saturated carbocycles. The Morgan fingerprint density at radius 2 is 1.48 bits per heavy atom. The SMILES string of the molecule is CNc1ncc(-c2cc(C(F)(F)F)cc(C(F)(F)F)c2)s1. The van der Waals surface area contributed by atoms with Crippen LogP contribution >= 0.6 is 11.3 Å². The highest BCUT2D eigenvalue weighted by Crippen LogP contribution is 2.40. The van der Waals surface area contributed by atoms with Crippen LogP contribution in [0, 0.1) is 0 Å². The third-order valence-corrected chi connectivity index (χ3v) is 3.66. The van der Waals surface area contributed by atoms with Gasteiger partial charge in [0.05, 0.1) is 16.0 Å². The van der Waals surface area contributed by atoms with Crippen LogP contribution < -0.4 is 5.32 Å². The van der Waals surface area contributed by atoms with E-state index in [4.69, 9.17) is 0 Å². The minimum Gasteiger partial charge on any atom is -0.365 e. The second-order valence-electron chi connectivity index (χ2n) is 4.07. The lowest BCUT2D eigenvalue weighted by Gasteiger charge is -2.13. The molecule has 21 heavy (non-hydrogen) atoms. The molecule has 1 heterocycles. The molecule has 0 aliphatic rings. The van der Waals surface area contributed by atoms with E-state index in [0.29, 0.717) is 17.3 Å². The van der Waals surface area contributed by atoms with Crippen molar-refractivity contribution in [2.24, 2.45) is 0 Å². The summed E-state index contributed by atoms with van der Waals surface area (Å²) in [6, 6.07) is 1.47. The predicted molar refractivity (Wildman–Crippen MR) is 67.1 cm³/mol. The molecular formula is C12H8F6N2S. The molecule has 0 radical (unpaired) electrons. The van der Waals surface area contributed by atoms with Gasteiger partial charge in [-0.05, 0) is 23.8 Å². The zero-order valence-corrected chi connectivity index (χ0v) is 11.2. The number of hydrogen-bond donors (Lipinski definition) is 1. The summed E-state index contributed by atoms with van der Waals surface area (Å²) in [6.07, 6.45) is -8.48. The number of thiazole rings is 1. The summed E-state index contributed by atoms with van der Waals surface area (Å²) in [4.78, 5) is 4.06. The molecule has 0 atom stereocenters. The molecule has 2 rings (SSSR count). The number of benzene rings is 1. The van der Waals surface area contributed by atoms with Gasteiger partial charge in [-0.1, -0.05) is 11.3 Å². The van der Waals surface area contributed by atoms with Crippen LogP contribution in [0.1, 0.15) is 11.1 Å². The van der Waals surface area contributed by atoms with Crippen molar-refractivity contribution in [2.45, 2.75) is 12.4 Å². The van der Waals surface area contributed by atoms with Crippen molar-refractivity contribution in [3.8, 4) is 10.4 Å². The minimum absolute atomic E-state index is 0.101. The summed E-state index contributed by atoms with van der Waals surface area (Å²) in [5.41, 5.74) is -2.85. The smallest absolute Gasteiger partial charge is 0.365 e. The summed E-state index contributed by atoms with van der Waals surface area (Å²) in [5.74, 6) is 0. The van der Waals surface area contributed by atoms with Crippen molar-refractivity contribution in [1.29, 1.82) is 0 Å². The van der Waals surface area contributed by atoms with Gasteiger partial charge in [0.2, 0.25) is 0 Å². The number of hydrogen-bond acceptors (Lipinski definition) is 3. The maximum Gasteiger partial charge on any atom is 0.416 e. The zero-order valence-electron chi connectivity index (χ0n) is 10.4. The van der Waals surface area contributed by atoms with Crippen LogP contribution in [-0.2, 0) is 12.4 Å². The third kappa shape index (κ3) is 3.46. The highest BCUT2D eigenvalue weighted by molar-refractivity contribution is 7.18. The van der Waals surface area contributed by atoms with Crippen molar-refractivity contribution < 1.29 is 26.3 Å². The van der Waals surface area contributed by atoms with Crippen molar-refractivity contribution in [2.75, 3.05) is 12.4 Å². The van der Waals surface area contributed by atoms with E-state index in [0.717, 1.165) is 11.3 Å². The number of rotatable bonds is 2. The maximum atomic E-state index is 12.7. The molecule has 2 nitrogen and oxygen atoms in total. The van der Waals surface area contributed by atoms with E-state index in [1.165, 1.54) is 6.20 Å². The average molecular weight is 326 g/mol. The minimum atomic E-state index is -4.85. The van der Waals surface area contributed by atoms with Crippen LogP contribution in [0.25, 0.3) is 10.4 Å². The van der Waals surface area contributed by atoms with Crippen LogP contribution in [0.4, 0.5) is 31.5 Å². The highest BCUT2D eigenvalue weighted by atomic mass is 32.1. The first-order valence-electron chi connectivity index (χ1n) is 5.54. The topological polar surface area (TPSA) is 24.9 Å². The zero-order chi connectivity index (χ0) is 15.8.